The largest absolute Gasteiger partial charge is 0.447 e. The van der Waals surface area contributed by atoms with E-state index in [0.717, 1.165) is 11.8 Å². The second-order valence-corrected chi connectivity index (χ2v) is 5.96. The molecule has 2 heterocycles. The summed E-state index contributed by atoms with van der Waals surface area (Å²) in [5, 5.41) is 0. The lowest BCUT2D eigenvalue weighted by molar-refractivity contribution is -0.153. The van der Waals surface area contributed by atoms with E-state index in [9.17, 15) is 9.59 Å². The fourth-order valence-electron chi connectivity index (χ4n) is 2.92. The van der Waals surface area contributed by atoms with Crippen LogP contribution in [0.15, 0.2) is 30.3 Å². The summed E-state index contributed by atoms with van der Waals surface area (Å²) in [5.41, 5.74) is 0.993. The number of ether oxygens (including phenoxy) is 3. The minimum absolute atomic E-state index is 0.195. The van der Waals surface area contributed by atoms with Crippen LogP contribution in [0.5, 0.6) is 0 Å². The molecule has 6 heteroatoms. The Balaban J connectivity index is 1.80. The Morgan fingerprint density at radius 3 is 2.68 bits per heavy atom. The number of hydrogen-bond acceptors (Lipinski definition) is 5. The number of benzene rings is 1. The van der Waals surface area contributed by atoms with Gasteiger partial charge in [-0.15, -0.1) is 0 Å². The van der Waals surface area contributed by atoms with Crippen molar-refractivity contribution in [3.05, 3.63) is 35.9 Å². The fourth-order valence-corrected chi connectivity index (χ4v) is 2.92. The predicted molar refractivity (Wildman–Crippen MR) is 77.0 cm³/mol. The second kappa shape index (κ2) is 5.70. The van der Waals surface area contributed by atoms with Crippen molar-refractivity contribution in [1.29, 1.82) is 0 Å². The molecule has 0 aromatic heterocycles. The Bertz CT molecular complexity index is 559. The monoisotopic (exact) mass is 305 g/mol. The minimum atomic E-state index is -0.847. The van der Waals surface area contributed by atoms with Crippen LogP contribution in [0.4, 0.5) is 4.79 Å². The summed E-state index contributed by atoms with van der Waals surface area (Å²) in [7, 11) is 0. The van der Waals surface area contributed by atoms with E-state index < -0.39 is 24.1 Å². The normalized spacial score (nSPS) is 30.4. The lowest BCUT2D eigenvalue weighted by Gasteiger charge is -2.27. The van der Waals surface area contributed by atoms with Crippen molar-refractivity contribution < 1.29 is 23.8 Å². The van der Waals surface area contributed by atoms with Gasteiger partial charge in [0.05, 0.1) is 6.04 Å². The maximum Gasteiger partial charge on any atom is 0.410 e. The molecular weight excluding hydrogens is 286 g/mol. The molecule has 6 nitrogen and oxygen atoms in total. The lowest BCUT2D eigenvalue weighted by atomic mass is 10.1. The SMILES string of the molecule is CC1(C)O[C@@H]([C@@H]2COC(=O)N2Cc2ccccc2)[C@@H](C=O)O1. The van der Waals surface area contributed by atoms with Crippen LogP contribution in [0.1, 0.15) is 19.4 Å². The van der Waals surface area contributed by atoms with Gasteiger partial charge in [0.25, 0.3) is 0 Å². The highest BCUT2D eigenvalue weighted by Gasteiger charge is 2.50. The molecule has 0 saturated carbocycles. The average Bonchev–Trinajstić information content (AvgIpc) is 3.00. The van der Waals surface area contributed by atoms with Crippen LogP contribution in [-0.4, -0.2) is 47.9 Å². The molecule has 0 aliphatic carbocycles. The van der Waals surface area contributed by atoms with Crippen molar-refractivity contribution in [2.45, 2.75) is 44.4 Å². The number of hydrogen-bond donors (Lipinski definition) is 0. The van der Waals surface area contributed by atoms with Crippen molar-refractivity contribution in [2.75, 3.05) is 6.61 Å². The van der Waals surface area contributed by atoms with Crippen molar-refractivity contribution in [2.24, 2.45) is 0 Å². The zero-order valence-electron chi connectivity index (χ0n) is 12.6. The standard InChI is InChI=1S/C16H19NO5/c1-16(2)21-13(9-18)14(22-16)12-10-20-15(19)17(12)8-11-6-4-3-5-7-11/h3-7,9,12-14H,8,10H2,1-2H3/t12-,13+,14-/m0/s1. The predicted octanol–water partition coefficient (Wildman–Crippen LogP) is 1.73. The Morgan fingerprint density at radius 2 is 2.00 bits per heavy atom. The molecule has 0 unspecified atom stereocenters. The molecule has 0 spiro atoms. The van der Waals surface area contributed by atoms with Gasteiger partial charge in [-0.2, -0.15) is 0 Å². The quantitative estimate of drug-likeness (QED) is 0.793. The van der Waals surface area contributed by atoms with E-state index >= 15 is 0 Å². The molecule has 3 rings (SSSR count). The molecule has 2 aliphatic rings. The van der Waals surface area contributed by atoms with E-state index in [1.165, 1.54) is 0 Å². The van der Waals surface area contributed by atoms with E-state index in [0.29, 0.717) is 6.54 Å². The first-order valence-corrected chi connectivity index (χ1v) is 7.28. The summed E-state index contributed by atoms with van der Waals surface area (Å²) in [4.78, 5) is 24.9. The molecule has 1 aromatic rings. The number of carbonyl (C=O) groups is 2. The third-order valence-electron chi connectivity index (χ3n) is 3.89. The molecule has 2 aliphatic heterocycles. The topological polar surface area (TPSA) is 65.1 Å². The minimum Gasteiger partial charge on any atom is -0.447 e. The summed E-state index contributed by atoms with van der Waals surface area (Å²) in [6, 6.07) is 9.29. The highest BCUT2D eigenvalue weighted by molar-refractivity contribution is 5.70. The smallest absolute Gasteiger partial charge is 0.410 e. The summed E-state index contributed by atoms with van der Waals surface area (Å²) in [6.07, 6.45) is -0.898. The van der Waals surface area contributed by atoms with Crippen LogP contribution in [0.25, 0.3) is 0 Å². The lowest BCUT2D eigenvalue weighted by Crippen LogP contribution is -2.46. The zero-order valence-corrected chi connectivity index (χ0v) is 12.6. The van der Waals surface area contributed by atoms with Gasteiger partial charge in [-0.05, 0) is 19.4 Å². The summed E-state index contributed by atoms with van der Waals surface area (Å²) < 4.78 is 16.6. The maximum atomic E-state index is 12.0. The fraction of sp³-hybridized carbons (Fsp3) is 0.500. The molecule has 0 radical (unpaired) electrons. The van der Waals surface area contributed by atoms with Crippen LogP contribution >= 0.6 is 0 Å². The van der Waals surface area contributed by atoms with Crippen LogP contribution in [0.3, 0.4) is 0 Å². The van der Waals surface area contributed by atoms with Gasteiger partial charge in [-0.3, -0.25) is 4.90 Å². The van der Waals surface area contributed by atoms with Gasteiger partial charge in [-0.1, -0.05) is 30.3 Å². The Kier molecular flexibility index (Phi) is 3.88. The third-order valence-corrected chi connectivity index (χ3v) is 3.89. The highest BCUT2D eigenvalue weighted by Crippen LogP contribution is 2.33. The van der Waals surface area contributed by atoms with E-state index in [1.807, 2.05) is 30.3 Å². The Hall–Kier alpha value is -1.92. The van der Waals surface area contributed by atoms with Crippen molar-refractivity contribution in [3.63, 3.8) is 0 Å². The van der Waals surface area contributed by atoms with E-state index in [1.54, 1.807) is 18.7 Å². The molecule has 0 bridgehead atoms. The molecule has 3 atom stereocenters. The van der Waals surface area contributed by atoms with Crippen LogP contribution in [0, 0.1) is 0 Å². The van der Waals surface area contributed by atoms with Crippen molar-refractivity contribution >= 4 is 12.4 Å². The van der Waals surface area contributed by atoms with E-state index in [-0.39, 0.29) is 12.6 Å². The summed E-state index contributed by atoms with van der Waals surface area (Å²) in [5.74, 6) is -0.847. The molecular formula is C16H19NO5. The maximum absolute atomic E-state index is 12.0. The van der Waals surface area contributed by atoms with Gasteiger partial charge < -0.3 is 19.0 Å². The first kappa shape index (κ1) is 15.0. The number of nitrogens with zero attached hydrogens (tertiary/aromatic N) is 1. The highest BCUT2D eigenvalue weighted by atomic mass is 16.8. The molecule has 1 amide bonds. The molecule has 22 heavy (non-hydrogen) atoms. The van der Waals surface area contributed by atoms with Crippen LogP contribution < -0.4 is 0 Å². The number of rotatable bonds is 4. The van der Waals surface area contributed by atoms with Crippen LogP contribution in [0.2, 0.25) is 0 Å². The number of carbonyl (C=O) groups excluding carboxylic acids is 2. The van der Waals surface area contributed by atoms with Gasteiger partial charge in [0.2, 0.25) is 0 Å². The summed E-state index contributed by atoms with van der Waals surface area (Å²) in [6.45, 7) is 4.11. The summed E-state index contributed by atoms with van der Waals surface area (Å²) >= 11 is 0. The van der Waals surface area contributed by atoms with Crippen molar-refractivity contribution in [1.82, 2.24) is 4.90 Å². The average molecular weight is 305 g/mol. The van der Waals surface area contributed by atoms with E-state index in [2.05, 4.69) is 0 Å². The Morgan fingerprint density at radius 1 is 1.27 bits per heavy atom. The second-order valence-electron chi connectivity index (χ2n) is 5.96. The molecule has 0 N–H and O–H groups in total. The van der Waals surface area contributed by atoms with E-state index in [4.69, 9.17) is 14.2 Å². The molecule has 118 valence electrons. The molecule has 2 saturated heterocycles. The molecule has 1 aromatic carbocycles. The van der Waals surface area contributed by atoms with Crippen LogP contribution in [-0.2, 0) is 25.5 Å². The first-order chi connectivity index (χ1) is 10.5. The number of cyclic esters (lactones) is 1. The third kappa shape index (κ3) is 2.84. The zero-order chi connectivity index (χ0) is 15.7. The van der Waals surface area contributed by atoms with Crippen molar-refractivity contribution in [3.8, 4) is 0 Å². The number of aldehydes is 1. The molecule has 2 fully saturated rings. The Labute approximate surface area is 128 Å². The van der Waals surface area contributed by atoms with Gasteiger partial charge in [0, 0.05) is 6.54 Å². The first-order valence-electron chi connectivity index (χ1n) is 7.28. The van der Waals surface area contributed by atoms with Gasteiger partial charge >= 0.3 is 6.09 Å². The van der Waals surface area contributed by atoms with Gasteiger partial charge in [0.15, 0.2) is 12.1 Å². The van der Waals surface area contributed by atoms with Gasteiger partial charge in [-0.25, -0.2) is 4.79 Å². The number of amides is 1. The van der Waals surface area contributed by atoms with Gasteiger partial charge in [0.1, 0.15) is 18.8 Å².